The number of halogens is 1. The number of nitrogens with one attached hydrogen (secondary N) is 1. The van der Waals surface area contributed by atoms with Crippen LogP contribution in [0, 0.1) is 0 Å². The predicted octanol–water partition coefficient (Wildman–Crippen LogP) is 3.90. The Morgan fingerprint density at radius 3 is 2.33 bits per heavy atom. The number of nitrogens with zero attached hydrogens (tertiary/aromatic N) is 1. The summed E-state index contributed by atoms with van der Waals surface area (Å²) in [4.78, 5) is 12.6. The van der Waals surface area contributed by atoms with Gasteiger partial charge in [-0.1, -0.05) is 48.9 Å². The topological polar surface area (TPSA) is 66.5 Å². The van der Waals surface area contributed by atoms with Gasteiger partial charge in [0.25, 0.3) is 5.91 Å². The molecule has 7 heteroatoms. The van der Waals surface area contributed by atoms with Gasteiger partial charge < -0.3 is 5.32 Å². The van der Waals surface area contributed by atoms with E-state index in [1.54, 1.807) is 13.8 Å². The largest absolute Gasteiger partial charge is 0.351 e. The smallest absolute Gasteiger partial charge is 0.252 e. The molecule has 2 aromatic carbocycles. The fraction of sp³-hybridized carbons (Fsp3) is 0.350. The van der Waals surface area contributed by atoms with E-state index < -0.39 is 15.9 Å². The monoisotopic (exact) mass is 408 g/mol. The van der Waals surface area contributed by atoms with Crippen molar-refractivity contribution in [3.05, 3.63) is 64.7 Å². The minimum atomic E-state index is -3.69. The lowest BCUT2D eigenvalue weighted by Gasteiger charge is -2.21. The normalized spacial score (nSPS) is 13.0. The molecule has 0 aliphatic heterocycles. The van der Waals surface area contributed by atoms with Crippen molar-refractivity contribution < 1.29 is 13.2 Å². The van der Waals surface area contributed by atoms with Crippen molar-refractivity contribution in [3.63, 3.8) is 0 Å². The molecule has 2 rings (SSSR count). The van der Waals surface area contributed by atoms with E-state index >= 15 is 0 Å². The molecule has 0 saturated carbocycles. The maximum absolute atomic E-state index is 12.7. The van der Waals surface area contributed by atoms with Crippen molar-refractivity contribution in [1.29, 1.82) is 0 Å². The van der Waals surface area contributed by atoms with E-state index in [4.69, 9.17) is 11.6 Å². The number of carbonyl (C=O) groups is 1. The minimum Gasteiger partial charge on any atom is -0.351 e. The van der Waals surface area contributed by atoms with Gasteiger partial charge in [-0.05, 0) is 43.5 Å². The number of hydrogen-bond acceptors (Lipinski definition) is 3. The van der Waals surface area contributed by atoms with E-state index in [-0.39, 0.29) is 27.4 Å². The van der Waals surface area contributed by atoms with Crippen LogP contribution in [0.5, 0.6) is 0 Å². The van der Waals surface area contributed by atoms with Crippen LogP contribution in [0.1, 0.15) is 42.6 Å². The number of carbonyl (C=O) groups excluding carboxylic acids is 1. The molecule has 1 N–H and O–H groups in total. The summed E-state index contributed by atoms with van der Waals surface area (Å²) in [6.07, 6.45) is 0. The van der Waals surface area contributed by atoms with Crippen molar-refractivity contribution >= 4 is 27.5 Å². The van der Waals surface area contributed by atoms with Crippen LogP contribution < -0.4 is 5.32 Å². The Labute approximate surface area is 166 Å². The van der Waals surface area contributed by atoms with Crippen molar-refractivity contribution in [2.75, 3.05) is 13.6 Å². The second kappa shape index (κ2) is 8.87. The molecule has 0 saturated heterocycles. The lowest BCUT2D eigenvalue weighted by Crippen LogP contribution is -2.33. The quantitative estimate of drug-likeness (QED) is 0.755. The number of hydrogen-bond donors (Lipinski definition) is 1. The van der Waals surface area contributed by atoms with Crippen LogP contribution in [-0.4, -0.2) is 38.3 Å². The first-order chi connectivity index (χ1) is 12.6. The van der Waals surface area contributed by atoms with Gasteiger partial charge >= 0.3 is 0 Å². The molecular formula is C20H25ClN2O3S. The van der Waals surface area contributed by atoms with E-state index in [0.29, 0.717) is 6.54 Å². The molecule has 0 radical (unpaired) electrons. The van der Waals surface area contributed by atoms with Crippen molar-refractivity contribution in [2.45, 2.75) is 37.6 Å². The molecule has 0 fully saturated rings. The minimum absolute atomic E-state index is 0.0457. The van der Waals surface area contributed by atoms with Crippen molar-refractivity contribution in [3.8, 4) is 0 Å². The first kappa shape index (κ1) is 21.4. The highest BCUT2D eigenvalue weighted by atomic mass is 35.5. The summed E-state index contributed by atoms with van der Waals surface area (Å²) in [5.41, 5.74) is 1.26. The Bertz CT molecular complexity index is 899. The SMILES string of the molecule is CC(C)N(C)S(=O)(=O)c1ccc(Cl)c(C(=O)NC[C@@H](C)c2ccccc2)c1. The maximum atomic E-state index is 12.7. The summed E-state index contributed by atoms with van der Waals surface area (Å²) < 4.78 is 26.6. The van der Waals surface area contributed by atoms with Crippen LogP contribution in [0.4, 0.5) is 0 Å². The zero-order valence-electron chi connectivity index (χ0n) is 15.9. The van der Waals surface area contributed by atoms with Gasteiger partial charge in [0.15, 0.2) is 0 Å². The summed E-state index contributed by atoms with van der Waals surface area (Å²) in [5.74, 6) is -0.278. The standard InChI is InChI=1S/C20H25ClN2O3S/c1-14(2)23(4)27(25,26)17-10-11-19(21)18(12-17)20(24)22-13-15(3)16-8-6-5-7-9-16/h5-12,14-15H,13H2,1-4H3,(H,22,24)/t15-/m1/s1. The van der Waals surface area contributed by atoms with Gasteiger partial charge in [0.2, 0.25) is 10.0 Å². The highest BCUT2D eigenvalue weighted by molar-refractivity contribution is 7.89. The fourth-order valence-electron chi connectivity index (χ4n) is 2.52. The van der Waals surface area contributed by atoms with Crippen LogP contribution in [0.15, 0.2) is 53.4 Å². The number of amides is 1. The molecule has 2 aromatic rings. The summed E-state index contributed by atoms with van der Waals surface area (Å²) in [5, 5.41) is 3.05. The highest BCUT2D eigenvalue weighted by Gasteiger charge is 2.25. The summed E-state index contributed by atoms with van der Waals surface area (Å²) in [6, 6.07) is 13.8. The average molecular weight is 409 g/mol. The summed E-state index contributed by atoms with van der Waals surface area (Å²) in [7, 11) is -2.18. The molecule has 0 aliphatic rings. The predicted molar refractivity (Wildman–Crippen MR) is 109 cm³/mol. The summed E-state index contributed by atoms with van der Waals surface area (Å²) in [6.45, 7) is 6.00. The zero-order valence-corrected chi connectivity index (χ0v) is 17.5. The Hall–Kier alpha value is -1.89. The van der Waals surface area contributed by atoms with Gasteiger partial charge in [-0.2, -0.15) is 4.31 Å². The highest BCUT2D eigenvalue weighted by Crippen LogP contribution is 2.23. The average Bonchev–Trinajstić information content (AvgIpc) is 2.65. The molecule has 0 bridgehead atoms. The van der Waals surface area contributed by atoms with Gasteiger partial charge in [0, 0.05) is 19.6 Å². The molecule has 1 atom stereocenters. The van der Waals surface area contributed by atoms with Crippen LogP contribution in [0.2, 0.25) is 5.02 Å². The zero-order chi connectivity index (χ0) is 20.2. The van der Waals surface area contributed by atoms with Crippen LogP contribution in [-0.2, 0) is 10.0 Å². The lowest BCUT2D eigenvalue weighted by atomic mass is 10.0. The number of rotatable bonds is 7. The molecule has 27 heavy (non-hydrogen) atoms. The molecule has 0 aliphatic carbocycles. The third-order valence-corrected chi connectivity index (χ3v) is 6.88. The first-order valence-corrected chi connectivity index (χ1v) is 10.6. The van der Waals surface area contributed by atoms with E-state index in [1.807, 2.05) is 37.3 Å². The summed E-state index contributed by atoms with van der Waals surface area (Å²) >= 11 is 6.15. The molecule has 5 nitrogen and oxygen atoms in total. The third kappa shape index (κ3) is 5.09. The molecule has 1 amide bonds. The maximum Gasteiger partial charge on any atom is 0.252 e. The third-order valence-electron chi connectivity index (χ3n) is 4.52. The van der Waals surface area contributed by atoms with E-state index in [9.17, 15) is 13.2 Å². The van der Waals surface area contributed by atoms with Gasteiger partial charge in [-0.3, -0.25) is 4.79 Å². The van der Waals surface area contributed by atoms with E-state index in [1.165, 1.54) is 29.6 Å². The Morgan fingerprint density at radius 1 is 1.11 bits per heavy atom. The number of sulfonamides is 1. The van der Waals surface area contributed by atoms with E-state index in [2.05, 4.69) is 5.32 Å². The number of benzene rings is 2. The second-order valence-corrected chi connectivity index (χ2v) is 9.18. The fourth-order valence-corrected chi connectivity index (χ4v) is 4.12. The van der Waals surface area contributed by atoms with Gasteiger partial charge in [0.05, 0.1) is 15.5 Å². The Morgan fingerprint density at radius 2 is 1.74 bits per heavy atom. The van der Waals surface area contributed by atoms with Gasteiger partial charge in [-0.25, -0.2) is 8.42 Å². The second-order valence-electron chi connectivity index (χ2n) is 6.78. The lowest BCUT2D eigenvalue weighted by molar-refractivity contribution is 0.0951. The molecule has 0 heterocycles. The Kier molecular flexibility index (Phi) is 7.03. The molecule has 0 unspecified atom stereocenters. The van der Waals surface area contributed by atoms with E-state index in [0.717, 1.165) is 5.56 Å². The van der Waals surface area contributed by atoms with Gasteiger partial charge in [0.1, 0.15) is 0 Å². The first-order valence-electron chi connectivity index (χ1n) is 8.75. The van der Waals surface area contributed by atoms with Crippen LogP contribution in [0.25, 0.3) is 0 Å². The van der Waals surface area contributed by atoms with Crippen LogP contribution >= 0.6 is 11.6 Å². The van der Waals surface area contributed by atoms with Crippen molar-refractivity contribution in [2.24, 2.45) is 0 Å². The molecule has 0 spiro atoms. The Balaban J connectivity index is 2.19. The molecule has 0 aromatic heterocycles. The molecule has 146 valence electrons. The van der Waals surface area contributed by atoms with Crippen molar-refractivity contribution in [1.82, 2.24) is 9.62 Å². The van der Waals surface area contributed by atoms with Crippen LogP contribution in [0.3, 0.4) is 0 Å². The van der Waals surface area contributed by atoms with Gasteiger partial charge in [-0.15, -0.1) is 0 Å². The molecular weight excluding hydrogens is 384 g/mol.